The van der Waals surface area contributed by atoms with Crippen LogP contribution in [0.15, 0.2) is 39.9 Å². The monoisotopic (exact) mass is 411 g/mol. The molecule has 0 saturated carbocycles. The molecule has 156 valence electrons. The molecule has 3 aromatic rings. The van der Waals surface area contributed by atoms with Gasteiger partial charge in [-0.3, -0.25) is 4.79 Å². The van der Waals surface area contributed by atoms with Crippen LogP contribution in [0.4, 0.5) is 10.2 Å². The maximum atomic E-state index is 15.0. The number of rotatable bonds is 3. The second-order valence-electron chi connectivity index (χ2n) is 8.05. The summed E-state index contributed by atoms with van der Waals surface area (Å²) in [6, 6.07) is 4.06. The summed E-state index contributed by atoms with van der Waals surface area (Å²) in [5.74, 6) is 0.522. The zero-order valence-corrected chi connectivity index (χ0v) is 16.5. The van der Waals surface area contributed by atoms with Gasteiger partial charge in [0.15, 0.2) is 17.1 Å². The highest BCUT2D eigenvalue weighted by molar-refractivity contribution is 5.84. The molecule has 0 radical (unpaired) electrons. The van der Waals surface area contributed by atoms with Crippen molar-refractivity contribution in [2.75, 3.05) is 11.9 Å². The number of piperidine rings is 2. The van der Waals surface area contributed by atoms with Gasteiger partial charge in [0.05, 0.1) is 29.5 Å². The maximum absolute atomic E-state index is 15.0. The highest BCUT2D eigenvalue weighted by Gasteiger charge is 2.42. The van der Waals surface area contributed by atoms with E-state index in [1.807, 2.05) is 7.05 Å². The Labute approximate surface area is 171 Å². The summed E-state index contributed by atoms with van der Waals surface area (Å²) in [6.07, 6.45) is 5.52. The quantitative estimate of drug-likeness (QED) is 0.677. The fourth-order valence-electron chi connectivity index (χ4n) is 4.57. The fraction of sp³-hybridized carbons (Fsp3) is 0.429. The molecule has 1 aromatic carbocycles. The minimum Gasteiger partial charge on any atom is -0.507 e. The Balaban J connectivity index is 1.42. The second kappa shape index (κ2) is 7.32. The van der Waals surface area contributed by atoms with Gasteiger partial charge in [0.2, 0.25) is 0 Å². The first-order valence-electron chi connectivity index (χ1n) is 10.1. The van der Waals surface area contributed by atoms with E-state index in [0.29, 0.717) is 29.4 Å². The number of hydrogen-bond acceptors (Lipinski definition) is 8. The van der Waals surface area contributed by atoms with Gasteiger partial charge in [0.25, 0.3) is 0 Å². The molecule has 30 heavy (non-hydrogen) atoms. The van der Waals surface area contributed by atoms with Crippen LogP contribution in [0.2, 0.25) is 0 Å². The third-order valence-electron chi connectivity index (χ3n) is 6.22. The topological polar surface area (TPSA) is 104 Å². The van der Waals surface area contributed by atoms with Crippen LogP contribution >= 0.6 is 0 Å². The average molecular weight is 411 g/mol. The zero-order valence-electron chi connectivity index (χ0n) is 16.5. The van der Waals surface area contributed by atoms with E-state index in [1.54, 1.807) is 4.90 Å². The lowest BCUT2D eigenvalue weighted by molar-refractivity contribution is 0.107. The molecule has 2 aromatic heterocycles. The van der Waals surface area contributed by atoms with Crippen molar-refractivity contribution in [2.45, 2.75) is 50.0 Å². The number of aromatic nitrogens is 3. The Morgan fingerprint density at radius 1 is 1.30 bits per heavy atom. The van der Waals surface area contributed by atoms with Crippen LogP contribution in [0.5, 0.6) is 5.75 Å². The number of alkyl halides is 1. The van der Waals surface area contributed by atoms with Crippen LogP contribution in [-0.4, -0.2) is 51.6 Å². The Morgan fingerprint density at radius 3 is 2.97 bits per heavy atom. The third kappa shape index (κ3) is 3.19. The normalized spacial score (nSPS) is 25.9. The summed E-state index contributed by atoms with van der Waals surface area (Å²) < 4.78 is 20.3. The molecule has 2 unspecified atom stereocenters. The van der Waals surface area contributed by atoms with Crippen LogP contribution in [0, 0.1) is 0 Å². The fourth-order valence-corrected chi connectivity index (χ4v) is 4.57. The Hall–Kier alpha value is -3.07. The molecule has 0 amide bonds. The van der Waals surface area contributed by atoms with Crippen LogP contribution in [0.3, 0.4) is 0 Å². The largest absolute Gasteiger partial charge is 0.507 e. The number of phenols is 1. The molecule has 4 heterocycles. The summed E-state index contributed by atoms with van der Waals surface area (Å²) in [6.45, 7) is 0. The average Bonchev–Trinajstić information content (AvgIpc) is 2.76. The SMILES string of the molecule is CN(c1cnc(-c2cc3occc(=O)c3cc2O)nn1)[C@@H]1CC2CCCC(N2)[C@@H]1F. The Bertz CT molecular complexity index is 1140. The van der Waals surface area contributed by atoms with Gasteiger partial charge in [-0.25, -0.2) is 9.37 Å². The van der Waals surface area contributed by atoms with Crippen molar-refractivity contribution < 1.29 is 13.9 Å². The summed E-state index contributed by atoms with van der Waals surface area (Å²) in [5.41, 5.74) is 0.376. The standard InChI is InChI=1S/C21H22FN5O3/c1-27(15-7-11-3-2-4-14(24-11)20(15)22)19-10-23-21(26-25-19)13-9-18-12(8-17(13)29)16(28)5-6-30-18/h5-6,8-11,14-15,20,24,29H,2-4,7H2,1H3/t11?,14?,15-,20+/m1/s1. The number of aromatic hydroxyl groups is 1. The van der Waals surface area contributed by atoms with Crippen LogP contribution < -0.4 is 15.6 Å². The maximum Gasteiger partial charge on any atom is 0.192 e. The third-order valence-corrected chi connectivity index (χ3v) is 6.22. The first-order chi connectivity index (χ1) is 14.5. The van der Waals surface area contributed by atoms with Crippen molar-refractivity contribution >= 4 is 16.8 Å². The van der Waals surface area contributed by atoms with Crippen molar-refractivity contribution in [3.8, 4) is 17.1 Å². The number of anilines is 1. The predicted octanol–water partition coefficient (Wildman–Crippen LogP) is 2.41. The molecule has 8 nitrogen and oxygen atoms in total. The van der Waals surface area contributed by atoms with E-state index >= 15 is 0 Å². The zero-order chi connectivity index (χ0) is 20.8. The van der Waals surface area contributed by atoms with Crippen LogP contribution in [0.1, 0.15) is 25.7 Å². The lowest BCUT2D eigenvalue weighted by Crippen LogP contribution is -2.61. The molecule has 2 bridgehead atoms. The summed E-state index contributed by atoms with van der Waals surface area (Å²) >= 11 is 0. The van der Waals surface area contributed by atoms with Crippen molar-refractivity contribution in [2.24, 2.45) is 0 Å². The molecule has 2 N–H and O–H groups in total. The highest BCUT2D eigenvalue weighted by Crippen LogP contribution is 2.33. The van der Waals surface area contributed by atoms with Crippen molar-refractivity contribution in [1.82, 2.24) is 20.5 Å². The number of halogens is 1. The van der Waals surface area contributed by atoms with Gasteiger partial charge in [0.1, 0.15) is 17.5 Å². The molecule has 0 spiro atoms. The van der Waals surface area contributed by atoms with E-state index < -0.39 is 6.17 Å². The van der Waals surface area contributed by atoms with E-state index in [1.165, 1.54) is 30.7 Å². The number of nitrogens with one attached hydrogen (secondary N) is 1. The molecule has 9 heteroatoms. The Kier molecular flexibility index (Phi) is 4.62. The number of nitrogens with zero attached hydrogens (tertiary/aromatic N) is 4. The van der Waals surface area contributed by atoms with Gasteiger partial charge in [-0.05, 0) is 31.4 Å². The molecule has 2 aliphatic heterocycles. The summed E-state index contributed by atoms with van der Waals surface area (Å²) in [4.78, 5) is 18.0. The summed E-state index contributed by atoms with van der Waals surface area (Å²) in [7, 11) is 1.81. The number of benzene rings is 1. The van der Waals surface area contributed by atoms with Crippen LogP contribution in [-0.2, 0) is 0 Å². The van der Waals surface area contributed by atoms with Crippen molar-refractivity contribution in [1.29, 1.82) is 0 Å². The number of hydrogen-bond donors (Lipinski definition) is 2. The first-order valence-corrected chi connectivity index (χ1v) is 10.1. The van der Waals surface area contributed by atoms with Crippen molar-refractivity contribution in [3.05, 3.63) is 40.9 Å². The van der Waals surface area contributed by atoms with E-state index in [-0.39, 0.29) is 34.5 Å². The first kappa shape index (κ1) is 18.9. The van der Waals surface area contributed by atoms with Gasteiger partial charge in [-0.1, -0.05) is 6.42 Å². The van der Waals surface area contributed by atoms with Gasteiger partial charge in [-0.2, -0.15) is 0 Å². The molecule has 4 atom stereocenters. The van der Waals surface area contributed by atoms with Crippen molar-refractivity contribution in [3.63, 3.8) is 0 Å². The van der Waals surface area contributed by atoms with Crippen LogP contribution in [0.25, 0.3) is 22.4 Å². The number of fused-ring (bicyclic) bond motifs is 3. The van der Waals surface area contributed by atoms with Gasteiger partial charge in [0, 0.05) is 25.2 Å². The predicted molar refractivity (Wildman–Crippen MR) is 109 cm³/mol. The minimum atomic E-state index is -0.986. The minimum absolute atomic E-state index is 0.116. The van der Waals surface area contributed by atoms with E-state index in [4.69, 9.17) is 4.42 Å². The van der Waals surface area contributed by atoms with E-state index in [9.17, 15) is 14.3 Å². The molecule has 2 fully saturated rings. The Morgan fingerprint density at radius 2 is 2.17 bits per heavy atom. The smallest absolute Gasteiger partial charge is 0.192 e. The highest BCUT2D eigenvalue weighted by atomic mass is 19.1. The number of phenolic OH excluding ortho intramolecular Hbond substituents is 1. The molecule has 2 aliphatic rings. The molecule has 0 aliphatic carbocycles. The molecular formula is C21H22FN5O3. The molecule has 2 saturated heterocycles. The lowest BCUT2D eigenvalue weighted by Gasteiger charge is -2.45. The van der Waals surface area contributed by atoms with Gasteiger partial charge < -0.3 is 19.7 Å². The summed E-state index contributed by atoms with van der Waals surface area (Å²) in [5, 5.41) is 22.3. The van der Waals surface area contributed by atoms with Gasteiger partial charge in [-0.15, -0.1) is 10.2 Å². The van der Waals surface area contributed by atoms with E-state index in [2.05, 4.69) is 20.5 Å². The second-order valence-corrected chi connectivity index (χ2v) is 8.05. The van der Waals surface area contributed by atoms with Gasteiger partial charge >= 0.3 is 0 Å². The van der Waals surface area contributed by atoms with E-state index in [0.717, 1.165) is 19.3 Å². The lowest BCUT2D eigenvalue weighted by atomic mass is 9.82. The molecular weight excluding hydrogens is 389 g/mol. The molecule has 5 rings (SSSR count).